The summed E-state index contributed by atoms with van der Waals surface area (Å²) >= 11 is 0. The number of hydrogen-bond donors (Lipinski definition) is 0. The zero-order valence-corrected chi connectivity index (χ0v) is 7.59. The SMILES string of the molecule is CN1CCc2ccc(cc2)CC1. The summed E-state index contributed by atoms with van der Waals surface area (Å²) < 4.78 is 0. The Bertz CT molecular complexity index is 223. The molecule has 0 saturated heterocycles. The van der Waals surface area contributed by atoms with E-state index in [4.69, 9.17) is 0 Å². The fraction of sp³-hybridized carbons (Fsp3) is 0.455. The van der Waals surface area contributed by atoms with Crippen LogP contribution in [0.3, 0.4) is 0 Å². The second-order valence-corrected chi connectivity index (χ2v) is 3.62. The molecule has 1 aromatic carbocycles. The van der Waals surface area contributed by atoms with Gasteiger partial charge in [-0.25, -0.2) is 0 Å². The third kappa shape index (κ3) is 1.67. The quantitative estimate of drug-likeness (QED) is 0.560. The molecule has 2 aliphatic rings. The molecule has 2 bridgehead atoms. The van der Waals surface area contributed by atoms with Crippen molar-refractivity contribution in [3.63, 3.8) is 0 Å². The van der Waals surface area contributed by atoms with E-state index < -0.39 is 0 Å². The lowest BCUT2D eigenvalue weighted by Crippen LogP contribution is -2.22. The third-order valence-corrected chi connectivity index (χ3v) is 2.59. The van der Waals surface area contributed by atoms with E-state index in [0.29, 0.717) is 0 Å². The van der Waals surface area contributed by atoms with Gasteiger partial charge in [-0.15, -0.1) is 0 Å². The minimum Gasteiger partial charge on any atom is -0.306 e. The fourth-order valence-corrected chi connectivity index (χ4v) is 1.62. The number of rotatable bonds is 0. The van der Waals surface area contributed by atoms with Gasteiger partial charge in [0.25, 0.3) is 0 Å². The Morgan fingerprint density at radius 1 is 0.917 bits per heavy atom. The van der Waals surface area contributed by atoms with Gasteiger partial charge in [0.05, 0.1) is 0 Å². The summed E-state index contributed by atoms with van der Waals surface area (Å²) in [5.74, 6) is 0. The Balaban J connectivity index is 2.24. The molecule has 2 aliphatic heterocycles. The fourth-order valence-electron chi connectivity index (χ4n) is 1.62. The van der Waals surface area contributed by atoms with E-state index in [1.165, 1.54) is 37.1 Å². The maximum atomic E-state index is 2.40. The van der Waals surface area contributed by atoms with Crippen molar-refractivity contribution in [1.29, 1.82) is 0 Å². The normalized spacial score (nSPS) is 18.4. The van der Waals surface area contributed by atoms with Gasteiger partial charge in [0.15, 0.2) is 0 Å². The van der Waals surface area contributed by atoms with E-state index >= 15 is 0 Å². The van der Waals surface area contributed by atoms with Crippen LogP contribution in [0.2, 0.25) is 0 Å². The van der Waals surface area contributed by atoms with E-state index in [1.807, 2.05) is 0 Å². The Labute approximate surface area is 74.0 Å². The molecule has 1 heteroatoms. The van der Waals surface area contributed by atoms with Crippen LogP contribution in [0, 0.1) is 0 Å². The average molecular weight is 161 g/mol. The molecule has 1 aromatic rings. The van der Waals surface area contributed by atoms with Crippen LogP contribution in [0.15, 0.2) is 24.3 Å². The van der Waals surface area contributed by atoms with Crippen molar-refractivity contribution in [3.8, 4) is 0 Å². The summed E-state index contributed by atoms with van der Waals surface area (Å²) in [7, 11) is 2.20. The Morgan fingerprint density at radius 3 is 1.75 bits per heavy atom. The molecular weight excluding hydrogens is 146 g/mol. The molecule has 0 radical (unpaired) electrons. The molecule has 64 valence electrons. The summed E-state index contributed by atoms with van der Waals surface area (Å²) in [4.78, 5) is 2.40. The zero-order valence-electron chi connectivity index (χ0n) is 7.59. The third-order valence-electron chi connectivity index (χ3n) is 2.59. The van der Waals surface area contributed by atoms with E-state index in [2.05, 4.69) is 36.2 Å². The first-order valence-electron chi connectivity index (χ1n) is 4.61. The van der Waals surface area contributed by atoms with Crippen LogP contribution in [-0.2, 0) is 12.8 Å². The predicted octanol–water partition coefficient (Wildman–Crippen LogP) is 1.72. The lowest BCUT2D eigenvalue weighted by Gasteiger charge is -2.13. The minimum absolute atomic E-state index is 1.19. The lowest BCUT2D eigenvalue weighted by molar-refractivity contribution is 0.344. The van der Waals surface area contributed by atoms with Gasteiger partial charge in [0, 0.05) is 13.1 Å². The van der Waals surface area contributed by atoms with Crippen LogP contribution in [-0.4, -0.2) is 25.0 Å². The van der Waals surface area contributed by atoms with Gasteiger partial charge in [0.1, 0.15) is 0 Å². The van der Waals surface area contributed by atoms with Crippen molar-refractivity contribution >= 4 is 0 Å². The monoisotopic (exact) mass is 161 g/mol. The van der Waals surface area contributed by atoms with Crippen molar-refractivity contribution in [3.05, 3.63) is 35.4 Å². The lowest BCUT2D eigenvalue weighted by atomic mass is 10.1. The molecular formula is C11H15N. The largest absolute Gasteiger partial charge is 0.306 e. The van der Waals surface area contributed by atoms with Crippen molar-refractivity contribution in [2.45, 2.75) is 12.8 Å². The van der Waals surface area contributed by atoms with Crippen molar-refractivity contribution in [2.24, 2.45) is 0 Å². The second-order valence-electron chi connectivity index (χ2n) is 3.62. The van der Waals surface area contributed by atoms with E-state index in [1.54, 1.807) is 0 Å². The van der Waals surface area contributed by atoms with Crippen LogP contribution in [0.4, 0.5) is 0 Å². The number of likely N-dealkylation sites (N-methyl/N-ethyl adjacent to an activating group) is 1. The molecule has 1 nitrogen and oxygen atoms in total. The highest BCUT2D eigenvalue weighted by atomic mass is 15.1. The summed E-state index contributed by atoms with van der Waals surface area (Å²) in [6, 6.07) is 9.03. The Hall–Kier alpha value is -0.820. The highest BCUT2D eigenvalue weighted by Gasteiger charge is 2.03. The molecule has 0 saturated carbocycles. The van der Waals surface area contributed by atoms with Gasteiger partial charge in [0.2, 0.25) is 0 Å². The number of fused-ring (bicyclic) bond motifs is 6. The number of benzene rings is 1. The van der Waals surface area contributed by atoms with Crippen LogP contribution in [0.1, 0.15) is 11.1 Å². The Kier molecular flexibility index (Phi) is 2.13. The highest BCUT2D eigenvalue weighted by Crippen LogP contribution is 2.09. The van der Waals surface area contributed by atoms with Gasteiger partial charge in [-0.2, -0.15) is 0 Å². The van der Waals surface area contributed by atoms with Crippen molar-refractivity contribution < 1.29 is 0 Å². The molecule has 0 atom stereocenters. The standard InChI is InChI=1S/C11H15N/c1-12-8-6-10-2-3-11(5-4-10)7-9-12/h2-5H,6-9H2,1H3. The minimum atomic E-state index is 1.19. The van der Waals surface area contributed by atoms with Crippen LogP contribution < -0.4 is 0 Å². The van der Waals surface area contributed by atoms with Gasteiger partial charge in [-0.1, -0.05) is 24.3 Å². The molecule has 3 rings (SSSR count). The van der Waals surface area contributed by atoms with Crippen LogP contribution >= 0.6 is 0 Å². The molecule has 0 unspecified atom stereocenters. The smallest absolute Gasteiger partial charge is 0.00189 e. The molecule has 0 spiro atoms. The summed E-state index contributed by atoms with van der Waals surface area (Å²) in [5.41, 5.74) is 2.93. The van der Waals surface area contributed by atoms with Gasteiger partial charge < -0.3 is 4.90 Å². The van der Waals surface area contributed by atoms with Gasteiger partial charge >= 0.3 is 0 Å². The average Bonchev–Trinajstić information content (AvgIpc) is 2.24. The first kappa shape index (κ1) is 7.81. The van der Waals surface area contributed by atoms with Crippen molar-refractivity contribution in [1.82, 2.24) is 4.90 Å². The predicted molar refractivity (Wildman–Crippen MR) is 51.3 cm³/mol. The molecule has 2 heterocycles. The van der Waals surface area contributed by atoms with E-state index in [0.717, 1.165) is 0 Å². The number of nitrogens with zero attached hydrogens (tertiary/aromatic N) is 1. The summed E-state index contributed by atoms with van der Waals surface area (Å²) in [6.45, 7) is 2.38. The molecule has 0 N–H and O–H groups in total. The van der Waals surface area contributed by atoms with Gasteiger partial charge in [-0.05, 0) is 31.0 Å². The van der Waals surface area contributed by atoms with Gasteiger partial charge in [-0.3, -0.25) is 0 Å². The Morgan fingerprint density at radius 2 is 1.33 bits per heavy atom. The summed E-state index contributed by atoms with van der Waals surface area (Å²) in [5, 5.41) is 0. The van der Waals surface area contributed by atoms with Crippen LogP contribution in [0.5, 0.6) is 0 Å². The second kappa shape index (κ2) is 3.28. The van der Waals surface area contributed by atoms with E-state index in [9.17, 15) is 0 Å². The topological polar surface area (TPSA) is 3.24 Å². The zero-order chi connectivity index (χ0) is 8.39. The van der Waals surface area contributed by atoms with E-state index in [-0.39, 0.29) is 0 Å². The molecule has 12 heavy (non-hydrogen) atoms. The first-order valence-corrected chi connectivity index (χ1v) is 4.61. The highest BCUT2D eigenvalue weighted by molar-refractivity contribution is 5.23. The first-order chi connectivity index (χ1) is 5.84. The molecule has 0 fully saturated rings. The summed E-state index contributed by atoms with van der Waals surface area (Å²) in [6.07, 6.45) is 2.38. The number of hydrogen-bond acceptors (Lipinski definition) is 1. The molecule has 0 amide bonds. The molecule has 0 aliphatic carbocycles. The van der Waals surface area contributed by atoms with Crippen LogP contribution in [0.25, 0.3) is 0 Å². The van der Waals surface area contributed by atoms with Crippen molar-refractivity contribution in [2.75, 3.05) is 20.1 Å². The maximum absolute atomic E-state index is 2.40. The maximum Gasteiger partial charge on any atom is 0.00189 e. The molecule has 0 aromatic heterocycles.